The summed E-state index contributed by atoms with van der Waals surface area (Å²) < 4.78 is 27.9. The van der Waals surface area contributed by atoms with Crippen LogP contribution in [-0.4, -0.2) is 26.3 Å². The van der Waals surface area contributed by atoms with E-state index in [9.17, 15) is 13.2 Å². The van der Waals surface area contributed by atoms with Crippen molar-refractivity contribution in [2.75, 3.05) is 7.11 Å². The molecule has 1 aromatic heterocycles. The van der Waals surface area contributed by atoms with E-state index in [0.717, 1.165) is 7.11 Å². The van der Waals surface area contributed by atoms with Gasteiger partial charge in [-0.1, -0.05) is 0 Å². The van der Waals surface area contributed by atoms with E-state index in [4.69, 9.17) is 0 Å². The molecule has 0 bridgehead atoms. The van der Waals surface area contributed by atoms with Crippen LogP contribution in [0.4, 0.5) is 0 Å². The number of benzene rings is 1. The third-order valence-electron chi connectivity index (χ3n) is 2.52. The highest BCUT2D eigenvalue weighted by Crippen LogP contribution is 2.25. The number of nitrogens with one attached hydrogen (secondary N) is 1. The highest BCUT2D eigenvalue weighted by Gasteiger charge is 2.19. The van der Waals surface area contributed by atoms with Gasteiger partial charge >= 0.3 is 0 Å². The molecule has 1 heterocycles. The van der Waals surface area contributed by atoms with Gasteiger partial charge in [0.2, 0.25) is 0 Å². The number of carbonyl (C=O) groups excluding carboxylic acids is 1. The summed E-state index contributed by atoms with van der Waals surface area (Å²) in [5, 5.41) is 0.660. The highest BCUT2D eigenvalue weighted by molar-refractivity contribution is 7.87. The van der Waals surface area contributed by atoms with Crippen LogP contribution >= 0.6 is 0 Å². The van der Waals surface area contributed by atoms with Crippen molar-refractivity contribution in [3.8, 4) is 0 Å². The Kier molecular flexibility index (Phi) is 2.76. The molecule has 0 aliphatic rings. The summed E-state index contributed by atoms with van der Waals surface area (Å²) in [5.41, 5.74) is 0.782. The summed E-state index contributed by atoms with van der Waals surface area (Å²) in [4.78, 5) is 14.1. The average molecular weight is 253 g/mol. The van der Waals surface area contributed by atoms with Gasteiger partial charge in [0.05, 0.1) is 12.6 Å². The van der Waals surface area contributed by atoms with Gasteiger partial charge in [-0.2, -0.15) is 8.42 Å². The Labute approximate surface area is 98.5 Å². The summed E-state index contributed by atoms with van der Waals surface area (Å²) in [6, 6.07) is 4.67. The van der Waals surface area contributed by atoms with Gasteiger partial charge in [-0.05, 0) is 25.1 Å². The zero-order chi connectivity index (χ0) is 12.6. The Morgan fingerprint density at radius 2 is 2.06 bits per heavy atom. The van der Waals surface area contributed by atoms with Crippen LogP contribution in [0.2, 0.25) is 0 Å². The maximum atomic E-state index is 11.7. The third-order valence-corrected chi connectivity index (χ3v) is 3.82. The number of ketones is 1. The molecule has 0 radical (unpaired) electrons. The monoisotopic (exact) mass is 253 g/mol. The first-order valence-corrected chi connectivity index (χ1v) is 6.29. The molecule has 5 nitrogen and oxygen atoms in total. The molecule has 0 saturated carbocycles. The molecule has 6 heteroatoms. The number of carbonyl (C=O) groups is 1. The second-order valence-electron chi connectivity index (χ2n) is 3.59. The zero-order valence-corrected chi connectivity index (χ0v) is 10.2. The van der Waals surface area contributed by atoms with Crippen LogP contribution in [0.5, 0.6) is 0 Å². The van der Waals surface area contributed by atoms with E-state index in [1.807, 2.05) is 0 Å². The van der Waals surface area contributed by atoms with E-state index < -0.39 is 10.1 Å². The molecule has 1 N–H and O–H groups in total. The van der Waals surface area contributed by atoms with Crippen molar-refractivity contribution in [1.29, 1.82) is 0 Å². The minimum absolute atomic E-state index is 0.0206. The molecule has 90 valence electrons. The first kappa shape index (κ1) is 11.8. The summed E-state index contributed by atoms with van der Waals surface area (Å²) >= 11 is 0. The lowest BCUT2D eigenvalue weighted by atomic mass is 10.1. The summed E-state index contributed by atoms with van der Waals surface area (Å²) in [5.74, 6) is -0.194. The summed E-state index contributed by atoms with van der Waals surface area (Å²) in [7, 11) is -2.75. The number of H-pyrrole nitrogens is 1. The summed E-state index contributed by atoms with van der Waals surface area (Å²) in [6.07, 6.45) is 1.61. The average Bonchev–Trinajstić information content (AvgIpc) is 2.75. The Hall–Kier alpha value is -1.66. The van der Waals surface area contributed by atoms with Gasteiger partial charge in [-0.3, -0.25) is 8.98 Å². The van der Waals surface area contributed by atoms with E-state index in [2.05, 4.69) is 9.17 Å². The van der Waals surface area contributed by atoms with Gasteiger partial charge in [0.15, 0.2) is 5.78 Å². The Morgan fingerprint density at radius 1 is 1.35 bits per heavy atom. The predicted octanol–water partition coefficient (Wildman–Crippen LogP) is 1.71. The third kappa shape index (κ3) is 1.96. The van der Waals surface area contributed by atoms with E-state index in [1.165, 1.54) is 13.0 Å². The lowest BCUT2D eigenvalue weighted by Gasteiger charge is -2.05. The topological polar surface area (TPSA) is 76.2 Å². The fraction of sp³-hybridized carbons (Fsp3) is 0.182. The van der Waals surface area contributed by atoms with Crippen molar-refractivity contribution < 1.29 is 17.4 Å². The Morgan fingerprint density at radius 3 is 2.65 bits per heavy atom. The molecule has 1 aromatic carbocycles. The second kappa shape index (κ2) is 3.97. The number of Topliss-reactive ketones (excluding diaryl/α,β-unsaturated/α-hetero) is 1. The normalized spacial score (nSPS) is 11.9. The number of fused-ring (bicyclic) bond motifs is 1. The van der Waals surface area contributed by atoms with E-state index in [1.54, 1.807) is 18.3 Å². The fourth-order valence-corrected chi connectivity index (χ4v) is 2.51. The number of aromatic nitrogens is 1. The zero-order valence-electron chi connectivity index (χ0n) is 9.35. The van der Waals surface area contributed by atoms with Crippen molar-refractivity contribution in [1.82, 2.24) is 4.98 Å². The first-order valence-electron chi connectivity index (χ1n) is 4.88. The quantitative estimate of drug-likeness (QED) is 0.667. The number of aromatic amines is 1. The Bertz CT molecular complexity index is 685. The molecule has 0 unspecified atom stereocenters. The molecular weight excluding hydrogens is 242 g/mol. The van der Waals surface area contributed by atoms with Crippen molar-refractivity contribution in [3.05, 3.63) is 30.0 Å². The lowest BCUT2D eigenvalue weighted by Crippen LogP contribution is -2.05. The van der Waals surface area contributed by atoms with E-state index in [0.29, 0.717) is 16.5 Å². The number of hydrogen-bond donors (Lipinski definition) is 1. The maximum absolute atomic E-state index is 11.7. The fourth-order valence-electron chi connectivity index (χ4n) is 1.63. The SMILES string of the molecule is COS(=O)(=O)c1cc(C(C)=O)cc2cc[nH]c12. The molecule has 0 fully saturated rings. The van der Waals surface area contributed by atoms with Gasteiger partial charge in [0.1, 0.15) is 4.90 Å². The largest absolute Gasteiger partial charge is 0.360 e. The van der Waals surface area contributed by atoms with Gasteiger partial charge < -0.3 is 4.98 Å². The van der Waals surface area contributed by atoms with Crippen LogP contribution in [0.3, 0.4) is 0 Å². The molecule has 2 aromatic rings. The first-order chi connectivity index (χ1) is 7.95. The van der Waals surface area contributed by atoms with Crippen LogP contribution in [0.25, 0.3) is 10.9 Å². The smallest absolute Gasteiger partial charge is 0.298 e. The van der Waals surface area contributed by atoms with Gasteiger partial charge in [0, 0.05) is 17.1 Å². The van der Waals surface area contributed by atoms with Crippen LogP contribution in [-0.2, 0) is 14.3 Å². The van der Waals surface area contributed by atoms with Crippen molar-refractivity contribution in [2.24, 2.45) is 0 Å². The van der Waals surface area contributed by atoms with E-state index in [-0.39, 0.29) is 10.7 Å². The van der Waals surface area contributed by atoms with Gasteiger partial charge in [-0.25, -0.2) is 0 Å². The molecule has 0 aliphatic carbocycles. The Balaban J connectivity index is 2.85. The highest BCUT2D eigenvalue weighted by atomic mass is 32.2. The van der Waals surface area contributed by atoms with E-state index >= 15 is 0 Å². The molecule has 0 amide bonds. The van der Waals surface area contributed by atoms with Crippen LogP contribution in [0.15, 0.2) is 29.3 Å². The van der Waals surface area contributed by atoms with Crippen LogP contribution < -0.4 is 0 Å². The molecule has 0 spiro atoms. The molecule has 0 aliphatic heterocycles. The van der Waals surface area contributed by atoms with Crippen molar-refractivity contribution >= 4 is 26.8 Å². The summed E-state index contributed by atoms with van der Waals surface area (Å²) in [6.45, 7) is 1.39. The van der Waals surface area contributed by atoms with Crippen LogP contribution in [0, 0.1) is 0 Å². The van der Waals surface area contributed by atoms with Crippen LogP contribution in [0.1, 0.15) is 17.3 Å². The molecule has 0 saturated heterocycles. The minimum Gasteiger partial charge on any atom is -0.360 e. The molecular formula is C11H11NO4S. The number of rotatable bonds is 3. The lowest BCUT2D eigenvalue weighted by molar-refractivity contribution is 0.101. The van der Waals surface area contributed by atoms with Gasteiger partial charge in [-0.15, -0.1) is 0 Å². The molecule has 0 atom stereocenters. The second-order valence-corrected chi connectivity index (χ2v) is 5.27. The maximum Gasteiger partial charge on any atom is 0.298 e. The standard InChI is InChI=1S/C11H11NO4S/c1-7(13)9-5-8-3-4-12-11(8)10(6-9)17(14,15)16-2/h3-6,12H,1-2H3. The molecule has 2 rings (SSSR count). The minimum atomic E-state index is -3.83. The predicted molar refractivity (Wildman–Crippen MR) is 62.5 cm³/mol. The van der Waals surface area contributed by atoms with Gasteiger partial charge in [0.25, 0.3) is 10.1 Å². The van der Waals surface area contributed by atoms with Crippen molar-refractivity contribution in [3.63, 3.8) is 0 Å². The number of hydrogen-bond acceptors (Lipinski definition) is 4. The molecule has 17 heavy (non-hydrogen) atoms. The van der Waals surface area contributed by atoms with Crippen molar-refractivity contribution in [2.45, 2.75) is 11.8 Å².